The molecule has 148 valence electrons. The zero-order valence-corrected chi connectivity index (χ0v) is 16.1. The van der Waals surface area contributed by atoms with E-state index in [4.69, 9.17) is 4.74 Å². The Balaban J connectivity index is 2.24. The van der Waals surface area contributed by atoms with E-state index < -0.39 is 18.1 Å². The summed E-state index contributed by atoms with van der Waals surface area (Å²) >= 11 is 0. The normalized spacial score (nSPS) is 20.6. The van der Waals surface area contributed by atoms with Crippen molar-refractivity contribution in [3.63, 3.8) is 0 Å². The fourth-order valence-corrected chi connectivity index (χ4v) is 3.51. The highest BCUT2D eigenvalue weighted by atomic mass is 16.5. The molecule has 1 aliphatic heterocycles. The third-order valence-corrected chi connectivity index (χ3v) is 4.82. The zero-order valence-electron chi connectivity index (χ0n) is 16.1. The van der Waals surface area contributed by atoms with E-state index in [0.717, 1.165) is 6.42 Å². The van der Waals surface area contributed by atoms with Crippen LogP contribution in [0, 0.1) is 5.92 Å². The molecule has 0 bridgehead atoms. The Morgan fingerprint density at radius 3 is 2.67 bits per heavy atom. The number of carboxylic acid groups (broad SMARTS) is 1. The van der Waals surface area contributed by atoms with E-state index in [1.807, 2.05) is 32.0 Å². The predicted octanol–water partition coefficient (Wildman–Crippen LogP) is 2.36. The number of nitrogens with one attached hydrogen (secondary N) is 1. The number of carbonyl (C=O) groups is 3. The van der Waals surface area contributed by atoms with Crippen LogP contribution in [0.5, 0.6) is 5.75 Å². The number of aliphatic carboxylic acids is 1. The number of benzene rings is 1. The molecular formula is C20H28N2O5. The zero-order chi connectivity index (χ0) is 20.0. The number of nitrogens with zero attached hydrogens (tertiary/aromatic N) is 1. The molecule has 2 rings (SSSR count). The molecule has 1 fully saturated rings. The van der Waals surface area contributed by atoms with Crippen molar-refractivity contribution in [2.75, 3.05) is 13.2 Å². The van der Waals surface area contributed by atoms with E-state index in [9.17, 15) is 19.5 Å². The molecule has 3 atom stereocenters. The first kappa shape index (κ1) is 20.7. The highest BCUT2D eigenvalue weighted by Crippen LogP contribution is 2.30. The van der Waals surface area contributed by atoms with Gasteiger partial charge in [-0.3, -0.25) is 9.59 Å². The molecule has 27 heavy (non-hydrogen) atoms. The summed E-state index contributed by atoms with van der Waals surface area (Å²) in [6, 6.07) is 5.85. The van der Waals surface area contributed by atoms with Crippen LogP contribution < -0.4 is 10.1 Å². The fourth-order valence-electron chi connectivity index (χ4n) is 3.51. The fraction of sp³-hybridized carbons (Fsp3) is 0.550. The molecule has 1 aliphatic rings. The molecule has 7 nitrogen and oxygen atoms in total. The topological polar surface area (TPSA) is 95.9 Å². The summed E-state index contributed by atoms with van der Waals surface area (Å²) in [5, 5.41) is 12.3. The lowest BCUT2D eigenvalue weighted by atomic mass is 9.91. The van der Waals surface area contributed by atoms with Crippen molar-refractivity contribution in [1.82, 2.24) is 10.2 Å². The Morgan fingerprint density at radius 2 is 2.04 bits per heavy atom. The molecule has 0 radical (unpaired) electrons. The number of carboxylic acids is 1. The monoisotopic (exact) mass is 376 g/mol. The first-order valence-electron chi connectivity index (χ1n) is 9.34. The summed E-state index contributed by atoms with van der Waals surface area (Å²) in [4.78, 5) is 37.7. The second kappa shape index (κ2) is 9.39. The van der Waals surface area contributed by atoms with E-state index in [-0.39, 0.29) is 24.2 Å². The van der Waals surface area contributed by atoms with E-state index in [1.165, 1.54) is 11.8 Å². The molecule has 1 aromatic rings. The van der Waals surface area contributed by atoms with Gasteiger partial charge in [0.25, 0.3) is 0 Å². The smallest absolute Gasteiger partial charge is 0.326 e. The first-order valence-corrected chi connectivity index (χ1v) is 9.34. The Morgan fingerprint density at radius 1 is 1.33 bits per heavy atom. The van der Waals surface area contributed by atoms with Crippen LogP contribution in [0.3, 0.4) is 0 Å². The van der Waals surface area contributed by atoms with Gasteiger partial charge in [-0.05, 0) is 31.7 Å². The van der Waals surface area contributed by atoms with Gasteiger partial charge in [0, 0.05) is 19.0 Å². The standard InChI is InChI=1S/C20H28N2O5/c1-4-27-18-8-6-5-7-15(18)16(21-14(3)23)12-19(24)22-10-9-13(2)11-17(22)20(25)26/h5-8,13,16-17H,4,9-12H2,1-3H3,(H,21,23)(H,25,26). The minimum atomic E-state index is -0.985. The molecule has 0 aliphatic carbocycles. The SMILES string of the molecule is CCOc1ccccc1C(CC(=O)N1CCC(C)CC1C(=O)O)NC(C)=O. The predicted molar refractivity (Wildman–Crippen MR) is 100 cm³/mol. The maximum atomic E-state index is 12.9. The molecule has 1 saturated heterocycles. The average Bonchev–Trinajstić information content (AvgIpc) is 2.61. The molecule has 1 aromatic carbocycles. The van der Waals surface area contributed by atoms with Gasteiger partial charge in [0.05, 0.1) is 19.1 Å². The van der Waals surface area contributed by atoms with Crippen LogP contribution in [0.4, 0.5) is 0 Å². The van der Waals surface area contributed by atoms with Crippen molar-refractivity contribution >= 4 is 17.8 Å². The lowest BCUT2D eigenvalue weighted by molar-refractivity contribution is -0.153. The second-order valence-corrected chi connectivity index (χ2v) is 7.00. The maximum absolute atomic E-state index is 12.9. The van der Waals surface area contributed by atoms with Gasteiger partial charge in [-0.15, -0.1) is 0 Å². The van der Waals surface area contributed by atoms with Crippen molar-refractivity contribution in [3.05, 3.63) is 29.8 Å². The van der Waals surface area contributed by atoms with Crippen LogP contribution in [0.2, 0.25) is 0 Å². The summed E-state index contributed by atoms with van der Waals surface area (Å²) in [7, 11) is 0. The summed E-state index contributed by atoms with van der Waals surface area (Å²) in [6.07, 6.45) is 1.21. The van der Waals surface area contributed by atoms with E-state index >= 15 is 0 Å². The van der Waals surface area contributed by atoms with Crippen LogP contribution in [-0.4, -0.2) is 47.0 Å². The third-order valence-electron chi connectivity index (χ3n) is 4.82. The Bertz CT molecular complexity index is 691. The number of carbonyl (C=O) groups excluding carboxylic acids is 2. The first-order chi connectivity index (χ1) is 12.8. The second-order valence-electron chi connectivity index (χ2n) is 7.00. The van der Waals surface area contributed by atoms with E-state index in [0.29, 0.717) is 30.9 Å². The van der Waals surface area contributed by atoms with Gasteiger partial charge in [0.15, 0.2) is 0 Å². The minimum absolute atomic E-state index is 0.0121. The molecule has 2 amide bonds. The van der Waals surface area contributed by atoms with Crippen LogP contribution in [-0.2, 0) is 14.4 Å². The summed E-state index contributed by atoms with van der Waals surface area (Å²) in [6.45, 7) is 6.13. The lowest BCUT2D eigenvalue weighted by Gasteiger charge is -2.37. The van der Waals surface area contributed by atoms with Gasteiger partial charge in [-0.2, -0.15) is 0 Å². The summed E-state index contributed by atoms with van der Waals surface area (Å²) in [5.74, 6) is -0.658. The van der Waals surface area contributed by atoms with Crippen molar-refractivity contribution < 1.29 is 24.2 Å². The highest BCUT2D eigenvalue weighted by molar-refractivity contribution is 5.85. The van der Waals surface area contributed by atoms with Crippen LogP contribution in [0.1, 0.15) is 51.6 Å². The van der Waals surface area contributed by atoms with Gasteiger partial charge in [-0.1, -0.05) is 25.1 Å². The number of likely N-dealkylation sites (tertiary alicyclic amines) is 1. The van der Waals surface area contributed by atoms with Crippen LogP contribution >= 0.6 is 0 Å². The number of ether oxygens (including phenoxy) is 1. The number of hydrogen-bond donors (Lipinski definition) is 2. The van der Waals surface area contributed by atoms with Crippen molar-refractivity contribution in [2.24, 2.45) is 5.92 Å². The van der Waals surface area contributed by atoms with Crippen molar-refractivity contribution in [1.29, 1.82) is 0 Å². The Labute approximate surface area is 159 Å². The van der Waals surface area contributed by atoms with Gasteiger partial charge < -0.3 is 20.1 Å². The molecule has 1 heterocycles. The average molecular weight is 376 g/mol. The largest absolute Gasteiger partial charge is 0.494 e. The quantitative estimate of drug-likeness (QED) is 0.762. The summed E-state index contributed by atoms with van der Waals surface area (Å²) < 4.78 is 5.63. The molecular weight excluding hydrogens is 348 g/mol. The lowest BCUT2D eigenvalue weighted by Crippen LogP contribution is -2.50. The third kappa shape index (κ3) is 5.45. The van der Waals surface area contributed by atoms with Crippen LogP contribution in [0.25, 0.3) is 0 Å². The van der Waals surface area contributed by atoms with Gasteiger partial charge in [-0.25, -0.2) is 4.79 Å². The molecule has 3 unspecified atom stereocenters. The van der Waals surface area contributed by atoms with E-state index in [2.05, 4.69) is 5.32 Å². The van der Waals surface area contributed by atoms with Crippen molar-refractivity contribution in [3.8, 4) is 5.75 Å². The molecule has 0 saturated carbocycles. The minimum Gasteiger partial charge on any atom is -0.494 e. The Hall–Kier alpha value is -2.57. The molecule has 0 aromatic heterocycles. The maximum Gasteiger partial charge on any atom is 0.326 e. The van der Waals surface area contributed by atoms with Gasteiger partial charge >= 0.3 is 5.97 Å². The highest BCUT2D eigenvalue weighted by Gasteiger charge is 2.35. The van der Waals surface area contributed by atoms with E-state index in [1.54, 1.807) is 6.07 Å². The number of hydrogen-bond acceptors (Lipinski definition) is 4. The van der Waals surface area contributed by atoms with Crippen molar-refractivity contribution in [2.45, 2.75) is 52.1 Å². The molecule has 7 heteroatoms. The van der Waals surface area contributed by atoms with Crippen LogP contribution in [0.15, 0.2) is 24.3 Å². The molecule has 0 spiro atoms. The number of rotatable bonds is 7. The van der Waals surface area contributed by atoms with Gasteiger partial charge in [0.1, 0.15) is 11.8 Å². The number of piperidine rings is 1. The Kier molecular flexibility index (Phi) is 7.21. The number of para-hydroxylation sites is 1. The van der Waals surface area contributed by atoms with Gasteiger partial charge in [0.2, 0.25) is 11.8 Å². The molecule has 2 N–H and O–H groups in total. The summed E-state index contributed by atoms with van der Waals surface area (Å²) in [5.41, 5.74) is 0.708. The number of amides is 2.